The molecule has 1 fully saturated rings. The molecular weight excluding hydrogens is 300 g/mol. The van der Waals surface area contributed by atoms with Gasteiger partial charge in [0.25, 0.3) is 0 Å². The van der Waals surface area contributed by atoms with Crippen LogP contribution in [0.25, 0.3) is 0 Å². The van der Waals surface area contributed by atoms with Crippen LogP contribution in [-0.4, -0.2) is 40.2 Å². The van der Waals surface area contributed by atoms with Crippen molar-refractivity contribution < 1.29 is 9.90 Å². The Balaban J connectivity index is 1.87. The van der Waals surface area contributed by atoms with Crippen LogP contribution in [0.15, 0.2) is 4.79 Å². The molecule has 1 aliphatic carbocycles. The second-order valence-corrected chi connectivity index (χ2v) is 7.46. The van der Waals surface area contributed by atoms with Crippen molar-refractivity contribution in [2.75, 3.05) is 13.6 Å². The van der Waals surface area contributed by atoms with E-state index in [-0.39, 0.29) is 22.8 Å². The first-order chi connectivity index (χ1) is 10.4. The minimum Gasteiger partial charge on any atom is -0.393 e. The summed E-state index contributed by atoms with van der Waals surface area (Å²) in [7, 11) is 1.79. The maximum absolute atomic E-state index is 12.3. The summed E-state index contributed by atoms with van der Waals surface area (Å²) in [5, 5.41) is 10.0. The van der Waals surface area contributed by atoms with Gasteiger partial charge in [-0.1, -0.05) is 24.2 Å². The van der Waals surface area contributed by atoms with Gasteiger partial charge in [-0.25, -0.2) is 0 Å². The molecule has 1 saturated carbocycles. The quantitative estimate of drug-likeness (QED) is 0.899. The molecule has 2 rings (SSSR count). The highest BCUT2D eigenvalue weighted by Gasteiger charge is 2.25. The van der Waals surface area contributed by atoms with Crippen molar-refractivity contribution >= 4 is 17.2 Å². The Morgan fingerprint density at radius 1 is 1.36 bits per heavy atom. The number of hydrogen-bond acceptors (Lipinski definition) is 4. The molecule has 5 nitrogen and oxygen atoms in total. The summed E-state index contributed by atoms with van der Waals surface area (Å²) in [4.78, 5) is 26.8. The van der Waals surface area contributed by atoms with Crippen LogP contribution >= 0.6 is 11.3 Å². The van der Waals surface area contributed by atoms with Crippen molar-refractivity contribution in [2.24, 2.45) is 5.92 Å². The molecule has 22 heavy (non-hydrogen) atoms. The first-order valence-electron chi connectivity index (χ1n) is 7.99. The number of hydrogen-bond donors (Lipinski definition) is 1. The molecule has 0 spiro atoms. The number of rotatable bonds is 5. The SMILES string of the molecule is Cc1sc(=O)n(CCC(=O)N(C)CC2CCCCC2O)c1C. The van der Waals surface area contributed by atoms with Crippen LogP contribution in [0.1, 0.15) is 42.7 Å². The van der Waals surface area contributed by atoms with Crippen LogP contribution in [0.3, 0.4) is 0 Å². The predicted octanol–water partition coefficient (Wildman–Crippen LogP) is 1.93. The van der Waals surface area contributed by atoms with E-state index in [2.05, 4.69) is 0 Å². The van der Waals surface area contributed by atoms with E-state index in [0.717, 1.165) is 36.3 Å². The molecule has 1 amide bonds. The van der Waals surface area contributed by atoms with Crippen LogP contribution in [0, 0.1) is 19.8 Å². The molecule has 0 saturated heterocycles. The summed E-state index contributed by atoms with van der Waals surface area (Å²) >= 11 is 1.23. The zero-order chi connectivity index (χ0) is 16.3. The molecule has 1 N–H and O–H groups in total. The fraction of sp³-hybridized carbons (Fsp3) is 0.750. The average molecular weight is 326 g/mol. The molecule has 6 heteroatoms. The van der Waals surface area contributed by atoms with Gasteiger partial charge in [0.1, 0.15) is 0 Å². The Kier molecular flexibility index (Phi) is 5.81. The highest BCUT2D eigenvalue weighted by molar-refractivity contribution is 7.09. The molecule has 0 bridgehead atoms. The Morgan fingerprint density at radius 2 is 2.05 bits per heavy atom. The number of aromatic nitrogens is 1. The van der Waals surface area contributed by atoms with Crippen LogP contribution in [0.4, 0.5) is 0 Å². The Hall–Kier alpha value is -1.14. The van der Waals surface area contributed by atoms with Gasteiger partial charge in [-0.3, -0.25) is 9.59 Å². The van der Waals surface area contributed by atoms with Gasteiger partial charge in [0.05, 0.1) is 6.10 Å². The third-order valence-corrected chi connectivity index (χ3v) is 5.72. The molecule has 2 atom stereocenters. The van der Waals surface area contributed by atoms with E-state index in [4.69, 9.17) is 0 Å². The molecule has 1 heterocycles. The average Bonchev–Trinajstić information content (AvgIpc) is 2.72. The van der Waals surface area contributed by atoms with Crippen molar-refractivity contribution in [3.05, 3.63) is 20.2 Å². The summed E-state index contributed by atoms with van der Waals surface area (Å²) in [5.74, 6) is 0.225. The van der Waals surface area contributed by atoms with Gasteiger partial charge in [0.2, 0.25) is 5.91 Å². The Morgan fingerprint density at radius 3 is 2.64 bits per heavy atom. The minimum absolute atomic E-state index is 0.00755. The van der Waals surface area contributed by atoms with Gasteiger partial charge in [-0.15, -0.1) is 0 Å². The summed E-state index contributed by atoms with van der Waals surface area (Å²) < 4.78 is 1.68. The van der Waals surface area contributed by atoms with E-state index in [1.54, 1.807) is 16.5 Å². The van der Waals surface area contributed by atoms with E-state index < -0.39 is 0 Å². The molecule has 0 aromatic carbocycles. The summed E-state index contributed by atoms with van der Waals surface area (Å²) in [6.45, 7) is 4.89. The number of carbonyl (C=O) groups excluding carboxylic acids is 1. The smallest absolute Gasteiger partial charge is 0.307 e. The maximum atomic E-state index is 12.3. The van der Waals surface area contributed by atoms with Crippen LogP contribution in [0.2, 0.25) is 0 Å². The zero-order valence-electron chi connectivity index (χ0n) is 13.7. The van der Waals surface area contributed by atoms with Crippen molar-refractivity contribution in [2.45, 2.75) is 58.6 Å². The largest absolute Gasteiger partial charge is 0.393 e. The number of aryl methyl sites for hydroxylation is 1. The molecule has 0 aliphatic heterocycles. The summed E-state index contributed by atoms with van der Waals surface area (Å²) in [6, 6.07) is 0. The number of aliphatic hydroxyl groups is 1. The summed E-state index contributed by atoms with van der Waals surface area (Å²) in [5.41, 5.74) is 0.952. The van der Waals surface area contributed by atoms with E-state index >= 15 is 0 Å². The van der Waals surface area contributed by atoms with Gasteiger partial charge in [-0.05, 0) is 26.7 Å². The lowest BCUT2D eigenvalue weighted by atomic mass is 9.86. The van der Waals surface area contributed by atoms with Crippen molar-refractivity contribution in [3.8, 4) is 0 Å². The van der Waals surface area contributed by atoms with Crippen molar-refractivity contribution in [1.82, 2.24) is 9.47 Å². The first kappa shape index (κ1) is 17.2. The summed E-state index contributed by atoms with van der Waals surface area (Å²) in [6.07, 6.45) is 4.09. The highest BCUT2D eigenvalue weighted by Crippen LogP contribution is 2.25. The van der Waals surface area contributed by atoms with E-state index in [0.29, 0.717) is 19.5 Å². The standard InChI is InChI=1S/C16H26N2O3S/c1-11-12(2)22-16(21)18(11)9-8-15(20)17(3)10-13-6-4-5-7-14(13)19/h13-14,19H,4-10H2,1-3H3. The number of thiazole rings is 1. The highest BCUT2D eigenvalue weighted by atomic mass is 32.1. The molecule has 1 aromatic heterocycles. The fourth-order valence-corrected chi connectivity index (χ4v) is 3.96. The Bertz CT molecular complexity index is 578. The molecule has 124 valence electrons. The third kappa shape index (κ3) is 3.98. The van der Waals surface area contributed by atoms with Crippen molar-refractivity contribution in [3.63, 3.8) is 0 Å². The topological polar surface area (TPSA) is 62.5 Å². The number of nitrogens with zero attached hydrogens (tertiary/aromatic N) is 2. The lowest BCUT2D eigenvalue weighted by Crippen LogP contribution is -2.38. The molecular formula is C16H26N2O3S. The van der Waals surface area contributed by atoms with E-state index in [1.165, 1.54) is 11.3 Å². The van der Waals surface area contributed by atoms with E-state index in [1.807, 2.05) is 13.8 Å². The van der Waals surface area contributed by atoms with Crippen LogP contribution < -0.4 is 4.87 Å². The number of aliphatic hydroxyl groups excluding tert-OH is 1. The molecule has 2 unspecified atom stereocenters. The second-order valence-electron chi connectivity index (χ2n) is 6.30. The molecule has 1 aromatic rings. The van der Waals surface area contributed by atoms with Gasteiger partial charge >= 0.3 is 4.87 Å². The van der Waals surface area contributed by atoms with Crippen molar-refractivity contribution in [1.29, 1.82) is 0 Å². The van der Waals surface area contributed by atoms with Gasteiger partial charge in [0, 0.05) is 43.0 Å². The number of carbonyl (C=O) groups is 1. The Labute approximate surface area is 135 Å². The third-order valence-electron chi connectivity index (χ3n) is 4.73. The van der Waals surface area contributed by atoms with Gasteiger partial charge < -0.3 is 14.6 Å². The fourth-order valence-electron chi connectivity index (χ4n) is 3.10. The van der Waals surface area contributed by atoms with E-state index in [9.17, 15) is 14.7 Å². The monoisotopic (exact) mass is 326 g/mol. The zero-order valence-corrected chi connectivity index (χ0v) is 14.5. The first-order valence-corrected chi connectivity index (χ1v) is 8.80. The normalized spacial score (nSPS) is 21.8. The molecule has 0 radical (unpaired) electrons. The molecule has 1 aliphatic rings. The minimum atomic E-state index is -0.284. The van der Waals surface area contributed by atoms with Crippen LogP contribution in [-0.2, 0) is 11.3 Å². The maximum Gasteiger partial charge on any atom is 0.307 e. The van der Waals surface area contributed by atoms with Gasteiger partial charge in [-0.2, -0.15) is 0 Å². The second kappa shape index (κ2) is 7.42. The lowest BCUT2D eigenvalue weighted by Gasteiger charge is -2.31. The predicted molar refractivity (Wildman–Crippen MR) is 88.3 cm³/mol. The number of amides is 1. The van der Waals surface area contributed by atoms with Gasteiger partial charge in [0.15, 0.2) is 0 Å². The lowest BCUT2D eigenvalue weighted by molar-refractivity contribution is -0.131. The van der Waals surface area contributed by atoms with Crippen LogP contribution in [0.5, 0.6) is 0 Å².